The van der Waals surface area contributed by atoms with E-state index in [1.165, 1.54) is 0 Å². The van der Waals surface area contributed by atoms with Crippen molar-refractivity contribution in [1.82, 2.24) is 15.0 Å². The molecular formula is C19H15N5O. The van der Waals surface area contributed by atoms with E-state index in [1.54, 1.807) is 36.7 Å². The zero-order valence-corrected chi connectivity index (χ0v) is 13.2. The molecule has 0 aliphatic rings. The lowest BCUT2D eigenvalue weighted by atomic mass is 10.2. The summed E-state index contributed by atoms with van der Waals surface area (Å²) in [6.07, 6.45) is 3.43. The van der Waals surface area contributed by atoms with E-state index in [1.807, 2.05) is 36.4 Å². The van der Waals surface area contributed by atoms with E-state index >= 15 is 0 Å². The Bertz CT molecular complexity index is 1030. The minimum atomic E-state index is 0.182. The Hall–Kier alpha value is -3.67. The van der Waals surface area contributed by atoms with Crippen LogP contribution in [-0.4, -0.2) is 20.1 Å². The zero-order chi connectivity index (χ0) is 17.1. The fraction of sp³-hybridized carbons (Fsp3) is 0. The molecule has 0 aliphatic carbocycles. The van der Waals surface area contributed by atoms with Crippen molar-refractivity contribution in [3.05, 3.63) is 73.1 Å². The maximum atomic E-state index is 9.53. The number of phenolic OH excluding ortho intramolecular Hbond substituents is 1. The van der Waals surface area contributed by atoms with Gasteiger partial charge in [-0.05, 0) is 30.3 Å². The van der Waals surface area contributed by atoms with Gasteiger partial charge in [-0.3, -0.25) is 4.98 Å². The Morgan fingerprint density at radius 2 is 1.72 bits per heavy atom. The molecule has 0 unspecified atom stereocenters. The molecule has 6 nitrogen and oxygen atoms in total. The molecule has 0 atom stereocenters. The number of pyridine rings is 1. The van der Waals surface area contributed by atoms with Crippen LogP contribution in [0.2, 0.25) is 0 Å². The number of nitrogens with one attached hydrogen (secondary N) is 2. The van der Waals surface area contributed by atoms with Crippen LogP contribution >= 0.6 is 0 Å². The summed E-state index contributed by atoms with van der Waals surface area (Å²) in [7, 11) is 0. The maximum Gasteiger partial charge on any atom is 0.229 e. The van der Waals surface area contributed by atoms with Gasteiger partial charge in [-0.15, -0.1) is 0 Å². The van der Waals surface area contributed by atoms with Crippen molar-refractivity contribution in [2.24, 2.45) is 0 Å². The van der Waals surface area contributed by atoms with Crippen molar-refractivity contribution < 1.29 is 5.11 Å². The van der Waals surface area contributed by atoms with E-state index < -0.39 is 0 Å². The van der Waals surface area contributed by atoms with Crippen LogP contribution in [0, 0.1) is 0 Å². The molecule has 0 fully saturated rings. The SMILES string of the molecule is Oc1cccc(Nc2nccc(Nc3cnc4ccccc4c3)n2)c1. The number of benzene rings is 2. The second-order valence-corrected chi connectivity index (χ2v) is 5.48. The van der Waals surface area contributed by atoms with Gasteiger partial charge in [0, 0.05) is 23.3 Å². The standard InChI is InChI=1S/C19H15N5O/c25-16-6-3-5-14(11-16)23-19-20-9-8-18(24-19)22-15-10-13-4-1-2-7-17(13)21-12-15/h1-12,25H,(H2,20,22,23,24). The van der Waals surface area contributed by atoms with Gasteiger partial charge in [0.2, 0.25) is 5.95 Å². The molecule has 0 saturated carbocycles. The van der Waals surface area contributed by atoms with Crippen molar-refractivity contribution in [2.75, 3.05) is 10.6 Å². The molecule has 3 N–H and O–H groups in total. The van der Waals surface area contributed by atoms with Gasteiger partial charge in [-0.1, -0.05) is 24.3 Å². The molecule has 6 heteroatoms. The molecular weight excluding hydrogens is 314 g/mol. The highest BCUT2D eigenvalue weighted by atomic mass is 16.3. The maximum absolute atomic E-state index is 9.53. The lowest BCUT2D eigenvalue weighted by molar-refractivity contribution is 0.475. The Morgan fingerprint density at radius 3 is 2.64 bits per heavy atom. The van der Waals surface area contributed by atoms with Gasteiger partial charge in [-0.2, -0.15) is 4.98 Å². The number of nitrogens with zero attached hydrogens (tertiary/aromatic N) is 3. The second kappa shape index (κ2) is 6.45. The number of fused-ring (bicyclic) bond motifs is 1. The fourth-order valence-electron chi connectivity index (χ4n) is 2.49. The van der Waals surface area contributed by atoms with E-state index in [0.29, 0.717) is 17.5 Å². The summed E-state index contributed by atoms with van der Waals surface area (Å²) in [6, 6.07) is 18.5. The van der Waals surface area contributed by atoms with Gasteiger partial charge in [0.25, 0.3) is 0 Å². The van der Waals surface area contributed by atoms with Crippen LogP contribution in [0.4, 0.5) is 23.1 Å². The summed E-state index contributed by atoms with van der Waals surface area (Å²) in [4.78, 5) is 13.1. The summed E-state index contributed by atoms with van der Waals surface area (Å²) in [6.45, 7) is 0. The number of aromatic hydroxyl groups is 1. The summed E-state index contributed by atoms with van der Waals surface area (Å²) >= 11 is 0. The first kappa shape index (κ1) is 14.9. The highest BCUT2D eigenvalue weighted by Gasteiger charge is 2.03. The smallest absolute Gasteiger partial charge is 0.229 e. The topological polar surface area (TPSA) is 83.0 Å². The number of phenols is 1. The Balaban J connectivity index is 1.56. The summed E-state index contributed by atoms with van der Waals surface area (Å²) in [5.41, 5.74) is 2.51. The molecule has 2 aromatic carbocycles. The van der Waals surface area contributed by atoms with E-state index in [4.69, 9.17) is 0 Å². The summed E-state index contributed by atoms with van der Waals surface area (Å²) in [5.74, 6) is 1.26. The quantitative estimate of drug-likeness (QED) is 0.520. The molecule has 2 heterocycles. The lowest BCUT2D eigenvalue weighted by Crippen LogP contribution is -2.00. The van der Waals surface area contributed by atoms with Gasteiger partial charge >= 0.3 is 0 Å². The number of rotatable bonds is 4. The number of hydrogen-bond acceptors (Lipinski definition) is 6. The van der Waals surface area contributed by atoms with Gasteiger partial charge in [0.1, 0.15) is 11.6 Å². The second-order valence-electron chi connectivity index (χ2n) is 5.48. The van der Waals surface area contributed by atoms with Gasteiger partial charge in [0.15, 0.2) is 0 Å². The third-order valence-electron chi connectivity index (χ3n) is 3.62. The highest BCUT2D eigenvalue weighted by molar-refractivity contribution is 5.82. The van der Waals surface area contributed by atoms with E-state index in [9.17, 15) is 5.11 Å². The molecule has 0 spiro atoms. The Morgan fingerprint density at radius 1 is 0.800 bits per heavy atom. The van der Waals surface area contributed by atoms with Crippen molar-refractivity contribution in [2.45, 2.75) is 0 Å². The molecule has 4 rings (SSSR count). The first-order valence-electron chi connectivity index (χ1n) is 7.77. The molecule has 0 aliphatic heterocycles. The third-order valence-corrected chi connectivity index (χ3v) is 3.62. The average Bonchev–Trinajstić information content (AvgIpc) is 2.62. The van der Waals surface area contributed by atoms with Gasteiger partial charge in [0.05, 0.1) is 17.4 Å². The van der Waals surface area contributed by atoms with Crippen LogP contribution in [-0.2, 0) is 0 Å². The number of anilines is 4. The number of hydrogen-bond donors (Lipinski definition) is 3. The lowest BCUT2D eigenvalue weighted by Gasteiger charge is -2.09. The monoisotopic (exact) mass is 329 g/mol. The molecule has 2 aromatic heterocycles. The first-order chi connectivity index (χ1) is 12.3. The molecule has 4 aromatic rings. The Kier molecular flexibility index (Phi) is 3.84. The number of para-hydroxylation sites is 1. The minimum absolute atomic E-state index is 0.182. The molecule has 0 amide bonds. The van der Waals surface area contributed by atoms with Gasteiger partial charge < -0.3 is 15.7 Å². The Labute approximate surface area is 144 Å². The number of aromatic nitrogens is 3. The predicted octanol–water partition coefficient (Wildman–Crippen LogP) is 4.22. The van der Waals surface area contributed by atoms with Gasteiger partial charge in [-0.25, -0.2) is 4.98 Å². The normalized spacial score (nSPS) is 10.6. The summed E-state index contributed by atoms with van der Waals surface area (Å²) in [5, 5.41) is 16.9. The molecule has 122 valence electrons. The highest BCUT2D eigenvalue weighted by Crippen LogP contribution is 2.21. The van der Waals surface area contributed by atoms with Crippen molar-refractivity contribution in [3.63, 3.8) is 0 Å². The fourth-order valence-corrected chi connectivity index (χ4v) is 2.49. The molecule has 0 radical (unpaired) electrons. The van der Waals surface area contributed by atoms with Crippen molar-refractivity contribution >= 4 is 34.0 Å². The zero-order valence-electron chi connectivity index (χ0n) is 13.2. The predicted molar refractivity (Wildman–Crippen MR) is 98.4 cm³/mol. The average molecular weight is 329 g/mol. The molecule has 0 saturated heterocycles. The summed E-state index contributed by atoms with van der Waals surface area (Å²) < 4.78 is 0. The van der Waals surface area contributed by atoms with Crippen LogP contribution < -0.4 is 10.6 Å². The minimum Gasteiger partial charge on any atom is -0.508 e. The van der Waals surface area contributed by atoms with Crippen molar-refractivity contribution in [3.8, 4) is 5.75 Å². The largest absolute Gasteiger partial charge is 0.508 e. The van der Waals surface area contributed by atoms with Crippen molar-refractivity contribution in [1.29, 1.82) is 0 Å². The first-order valence-corrected chi connectivity index (χ1v) is 7.77. The molecule has 25 heavy (non-hydrogen) atoms. The van der Waals surface area contributed by atoms with E-state index in [-0.39, 0.29) is 5.75 Å². The van der Waals surface area contributed by atoms with E-state index in [2.05, 4.69) is 25.6 Å². The van der Waals surface area contributed by atoms with Crippen LogP contribution in [0.15, 0.2) is 73.1 Å². The van der Waals surface area contributed by atoms with Crippen LogP contribution in [0.3, 0.4) is 0 Å². The van der Waals surface area contributed by atoms with Crippen LogP contribution in [0.25, 0.3) is 10.9 Å². The van der Waals surface area contributed by atoms with Crippen LogP contribution in [0.1, 0.15) is 0 Å². The molecule has 0 bridgehead atoms. The van der Waals surface area contributed by atoms with Crippen LogP contribution in [0.5, 0.6) is 5.75 Å². The third kappa shape index (κ3) is 3.48. The van der Waals surface area contributed by atoms with E-state index in [0.717, 1.165) is 16.6 Å².